The van der Waals surface area contributed by atoms with Gasteiger partial charge in [-0.2, -0.15) is 0 Å². The number of benzene rings is 1. The molecule has 1 aliphatic carbocycles. The van der Waals surface area contributed by atoms with Crippen LogP contribution in [0.25, 0.3) is 0 Å². The van der Waals surface area contributed by atoms with E-state index in [9.17, 15) is 5.11 Å². The molecule has 1 aliphatic heterocycles. The van der Waals surface area contributed by atoms with Gasteiger partial charge in [-0.05, 0) is 56.0 Å². The van der Waals surface area contributed by atoms with Crippen LogP contribution in [0, 0.1) is 5.92 Å². The van der Waals surface area contributed by atoms with Crippen molar-refractivity contribution in [2.75, 3.05) is 6.54 Å². The van der Waals surface area contributed by atoms with Gasteiger partial charge in [-0.3, -0.25) is 0 Å². The number of rotatable bonds is 2. The van der Waals surface area contributed by atoms with Gasteiger partial charge >= 0.3 is 0 Å². The summed E-state index contributed by atoms with van der Waals surface area (Å²) in [6.45, 7) is 0.737. The predicted molar refractivity (Wildman–Crippen MR) is 69.7 cm³/mol. The van der Waals surface area contributed by atoms with Crippen molar-refractivity contribution < 1.29 is 9.84 Å². The highest BCUT2D eigenvalue weighted by atomic mass is 16.5. The predicted octanol–water partition coefficient (Wildman–Crippen LogP) is 1.67. The van der Waals surface area contributed by atoms with Crippen molar-refractivity contribution >= 4 is 5.90 Å². The first-order valence-corrected chi connectivity index (χ1v) is 6.50. The van der Waals surface area contributed by atoms with Crippen molar-refractivity contribution in [3.63, 3.8) is 0 Å². The van der Waals surface area contributed by atoms with E-state index in [1.165, 1.54) is 0 Å². The van der Waals surface area contributed by atoms with Crippen molar-refractivity contribution in [2.45, 2.75) is 31.4 Å². The molecule has 0 radical (unpaired) electrons. The van der Waals surface area contributed by atoms with Crippen LogP contribution < -0.4 is 5.73 Å². The van der Waals surface area contributed by atoms with Crippen molar-refractivity contribution in [2.24, 2.45) is 16.6 Å². The summed E-state index contributed by atoms with van der Waals surface area (Å²) in [5.41, 5.74) is 6.66. The van der Waals surface area contributed by atoms with E-state index >= 15 is 0 Å². The Hall–Kier alpha value is -1.55. The first kappa shape index (κ1) is 11.5. The summed E-state index contributed by atoms with van der Waals surface area (Å²) in [4.78, 5) is 4.65. The summed E-state index contributed by atoms with van der Waals surface area (Å²) in [6.07, 6.45) is 3.41. The number of ether oxygens (including phenoxy) is 1. The van der Waals surface area contributed by atoms with Gasteiger partial charge in [0, 0.05) is 5.56 Å². The topological polar surface area (TPSA) is 67.8 Å². The molecule has 4 heteroatoms. The van der Waals surface area contributed by atoms with Gasteiger partial charge in [-0.25, -0.2) is 4.99 Å². The van der Waals surface area contributed by atoms with E-state index in [1.54, 1.807) is 12.1 Å². The fourth-order valence-corrected chi connectivity index (χ4v) is 2.76. The van der Waals surface area contributed by atoms with E-state index < -0.39 is 0 Å². The van der Waals surface area contributed by atoms with Gasteiger partial charge < -0.3 is 15.6 Å². The van der Waals surface area contributed by atoms with E-state index in [2.05, 4.69) is 4.99 Å². The summed E-state index contributed by atoms with van der Waals surface area (Å²) in [5, 5.41) is 9.28. The molecule has 0 spiro atoms. The Morgan fingerprint density at radius 2 is 2.06 bits per heavy atom. The van der Waals surface area contributed by atoms with Crippen LogP contribution in [0.2, 0.25) is 0 Å². The van der Waals surface area contributed by atoms with Crippen LogP contribution in [-0.4, -0.2) is 29.7 Å². The second-order valence-electron chi connectivity index (χ2n) is 5.12. The number of aromatic hydroxyl groups is 1. The Morgan fingerprint density at radius 1 is 1.28 bits per heavy atom. The fourth-order valence-electron chi connectivity index (χ4n) is 2.76. The molecule has 3 unspecified atom stereocenters. The van der Waals surface area contributed by atoms with Gasteiger partial charge in [0.2, 0.25) is 5.90 Å². The molecular weight excluding hydrogens is 228 g/mol. The van der Waals surface area contributed by atoms with Gasteiger partial charge in [-0.1, -0.05) is 0 Å². The Bertz CT molecular complexity index is 455. The highest BCUT2D eigenvalue weighted by Gasteiger charge is 2.36. The Morgan fingerprint density at radius 3 is 2.78 bits per heavy atom. The second-order valence-corrected chi connectivity index (χ2v) is 5.12. The molecular formula is C14H18N2O2. The van der Waals surface area contributed by atoms with Crippen LogP contribution in [0.3, 0.4) is 0 Å². The molecule has 4 nitrogen and oxygen atoms in total. The number of nitrogens with two attached hydrogens (primary N) is 1. The number of phenols is 1. The molecule has 3 atom stereocenters. The number of aliphatic imine (C=N–C) groups is 1. The van der Waals surface area contributed by atoms with Crippen LogP contribution in [-0.2, 0) is 4.74 Å². The quantitative estimate of drug-likeness (QED) is 0.834. The second kappa shape index (κ2) is 4.61. The summed E-state index contributed by atoms with van der Waals surface area (Å²) >= 11 is 0. The molecule has 0 saturated heterocycles. The Kier molecular flexibility index (Phi) is 2.96. The normalized spacial score (nSPS) is 30.5. The average molecular weight is 246 g/mol. The van der Waals surface area contributed by atoms with Crippen molar-refractivity contribution in [3.05, 3.63) is 29.8 Å². The zero-order valence-corrected chi connectivity index (χ0v) is 10.2. The smallest absolute Gasteiger partial charge is 0.216 e. The van der Waals surface area contributed by atoms with E-state index in [4.69, 9.17) is 10.5 Å². The zero-order chi connectivity index (χ0) is 12.5. The molecule has 2 aliphatic rings. The molecule has 1 saturated carbocycles. The molecule has 1 heterocycles. The van der Waals surface area contributed by atoms with Gasteiger partial charge in [-0.15, -0.1) is 0 Å². The number of phenolic OH excluding ortho intramolecular Hbond substituents is 1. The van der Waals surface area contributed by atoms with Crippen molar-refractivity contribution in [1.29, 1.82) is 0 Å². The van der Waals surface area contributed by atoms with Crippen LogP contribution in [0.5, 0.6) is 5.75 Å². The first-order chi connectivity index (χ1) is 8.76. The third-order valence-electron chi connectivity index (χ3n) is 3.86. The van der Waals surface area contributed by atoms with Crippen LogP contribution in [0.15, 0.2) is 29.3 Å². The Labute approximate surface area is 106 Å². The summed E-state index contributed by atoms with van der Waals surface area (Å²) in [7, 11) is 0. The molecule has 1 fully saturated rings. The molecule has 3 rings (SSSR count). The lowest BCUT2D eigenvalue weighted by Crippen LogP contribution is -2.34. The lowest BCUT2D eigenvalue weighted by Gasteiger charge is -2.28. The average Bonchev–Trinajstić information content (AvgIpc) is 2.82. The molecule has 1 aromatic rings. The lowest BCUT2D eigenvalue weighted by atomic mass is 9.84. The number of fused-ring (bicyclic) bond motifs is 1. The van der Waals surface area contributed by atoms with E-state index in [0.717, 1.165) is 31.4 Å². The van der Waals surface area contributed by atoms with Crippen LogP contribution >= 0.6 is 0 Å². The molecule has 96 valence electrons. The maximum atomic E-state index is 9.28. The molecule has 0 amide bonds. The van der Waals surface area contributed by atoms with Crippen LogP contribution in [0.1, 0.15) is 24.8 Å². The largest absolute Gasteiger partial charge is 0.508 e. The van der Waals surface area contributed by atoms with Gasteiger partial charge in [0.1, 0.15) is 11.9 Å². The van der Waals surface area contributed by atoms with E-state index in [0.29, 0.717) is 11.8 Å². The van der Waals surface area contributed by atoms with E-state index in [-0.39, 0.29) is 17.9 Å². The summed E-state index contributed by atoms with van der Waals surface area (Å²) in [6, 6.07) is 7.28. The minimum Gasteiger partial charge on any atom is -0.508 e. The van der Waals surface area contributed by atoms with Gasteiger partial charge in [0.15, 0.2) is 0 Å². The highest BCUT2D eigenvalue weighted by molar-refractivity contribution is 5.95. The minimum atomic E-state index is 0.191. The lowest BCUT2D eigenvalue weighted by molar-refractivity contribution is 0.123. The maximum absolute atomic E-state index is 9.28. The van der Waals surface area contributed by atoms with Gasteiger partial charge in [0.05, 0.1) is 6.04 Å². The third kappa shape index (κ3) is 2.08. The molecule has 0 aromatic heterocycles. The Balaban J connectivity index is 1.75. The highest BCUT2D eigenvalue weighted by Crippen LogP contribution is 2.33. The monoisotopic (exact) mass is 246 g/mol. The standard InChI is InChI=1S/C14H18N2O2/c15-8-9-1-6-12-13(7-9)18-14(16-12)10-2-4-11(17)5-3-10/h2-5,9,12-13,17H,1,6-8,15H2. The maximum Gasteiger partial charge on any atom is 0.216 e. The van der Waals surface area contributed by atoms with Crippen molar-refractivity contribution in [3.8, 4) is 5.75 Å². The zero-order valence-electron chi connectivity index (χ0n) is 10.2. The number of hydrogen-bond donors (Lipinski definition) is 2. The minimum absolute atomic E-state index is 0.191. The van der Waals surface area contributed by atoms with Crippen LogP contribution in [0.4, 0.5) is 0 Å². The first-order valence-electron chi connectivity index (χ1n) is 6.50. The van der Waals surface area contributed by atoms with Gasteiger partial charge in [0.25, 0.3) is 0 Å². The molecule has 3 N–H and O–H groups in total. The van der Waals surface area contributed by atoms with Crippen molar-refractivity contribution in [1.82, 2.24) is 0 Å². The SMILES string of the molecule is NCC1CCC2N=C(c3ccc(O)cc3)OC2C1. The molecule has 1 aromatic carbocycles. The fraction of sp³-hybridized carbons (Fsp3) is 0.500. The number of nitrogens with zero attached hydrogens (tertiary/aromatic N) is 1. The molecule has 18 heavy (non-hydrogen) atoms. The summed E-state index contributed by atoms with van der Waals surface area (Å²) in [5.74, 6) is 1.54. The number of hydrogen-bond acceptors (Lipinski definition) is 4. The van der Waals surface area contributed by atoms with E-state index in [1.807, 2.05) is 12.1 Å². The molecule has 0 bridgehead atoms. The summed E-state index contributed by atoms with van der Waals surface area (Å²) < 4.78 is 5.94. The third-order valence-corrected chi connectivity index (χ3v) is 3.86.